The molecule has 0 aliphatic carbocycles. The quantitative estimate of drug-likeness (QED) is 0.0222. The van der Waals surface area contributed by atoms with Gasteiger partial charge in [-0.1, -0.05) is 356 Å². The summed E-state index contributed by atoms with van der Waals surface area (Å²) in [7, 11) is -9.91. The first-order valence-electron chi connectivity index (χ1n) is 40.5. The fourth-order valence-corrected chi connectivity index (χ4v) is 13.6. The molecule has 0 aromatic carbocycles. The number of rotatable bonds is 77. The van der Waals surface area contributed by atoms with E-state index in [2.05, 4.69) is 41.5 Å². The molecule has 576 valence electrons. The van der Waals surface area contributed by atoms with E-state index in [0.717, 1.165) is 109 Å². The Hall–Kier alpha value is -1.94. The van der Waals surface area contributed by atoms with Crippen LogP contribution in [0.3, 0.4) is 0 Å². The van der Waals surface area contributed by atoms with Crippen molar-refractivity contribution in [2.45, 2.75) is 426 Å². The lowest BCUT2D eigenvalue weighted by Gasteiger charge is -2.21. The Bertz CT molecular complexity index is 1870. The summed E-state index contributed by atoms with van der Waals surface area (Å²) < 4.78 is 68.4. The molecule has 0 spiro atoms. The second kappa shape index (κ2) is 69.8. The number of carbonyl (C=O) groups excluding carboxylic acids is 4. The van der Waals surface area contributed by atoms with Crippen LogP contribution < -0.4 is 0 Å². The number of phosphoric acid groups is 2. The zero-order valence-electron chi connectivity index (χ0n) is 63.4. The maximum Gasteiger partial charge on any atom is 0.472 e. The minimum atomic E-state index is -4.96. The van der Waals surface area contributed by atoms with E-state index in [1.165, 1.54) is 212 Å². The van der Waals surface area contributed by atoms with E-state index < -0.39 is 97.5 Å². The topological polar surface area (TPSA) is 237 Å². The average molecular weight is 1420 g/mol. The van der Waals surface area contributed by atoms with Gasteiger partial charge in [-0.25, -0.2) is 9.13 Å². The van der Waals surface area contributed by atoms with E-state index in [0.29, 0.717) is 31.6 Å². The predicted molar refractivity (Wildman–Crippen MR) is 395 cm³/mol. The van der Waals surface area contributed by atoms with Gasteiger partial charge in [0, 0.05) is 25.7 Å². The van der Waals surface area contributed by atoms with Crippen LogP contribution in [0.15, 0.2) is 0 Å². The lowest BCUT2D eigenvalue weighted by molar-refractivity contribution is -0.161. The Morgan fingerprint density at radius 2 is 0.474 bits per heavy atom. The third kappa shape index (κ3) is 72.2. The van der Waals surface area contributed by atoms with Crippen LogP contribution in [-0.2, 0) is 65.4 Å². The van der Waals surface area contributed by atoms with Crippen LogP contribution in [0.1, 0.15) is 408 Å². The summed E-state index contributed by atoms with van der Waals surface area (Å²) in [5.41, 5.74) is 0. The Balaban J connectivity index is 5.14. The SMILES string of the molecule is CCCCCCCCCCCCCCCCCCCCCC(=O)OC[C@H](COP(=O)(O)OC[C@@H](O)COP(=O)(O)OC[C@@H](COC(=O)CCCCCCCCC)OC(=O)CCCCCCCCCC(C)C)OC(=O)CCCCCCCCCCCCCCCCCCCCC(C)C. The Labute approximate surface area is 594 Å². The first-order valence-corrected chi connectivity index (χ1v) is 43.5. The van der Waals surface area contributed by atoms with Gasteiger partial charge >= 0.3 is 39.5 Å². The number of aliphatic hydroxyl groups excluding tert-OH is 1. The fraction of sp³-hybridized carbons (Fsp3) is 0.949. The molecule has 0 saturated heterocycles. The summed E-state index contributed by atoms with van der Waals surface area (Å²) in [6.45, 7) is 9.53. The van der Waals surface area contributed by atoms with Crippen LogP contribution in [0.5, 0.6) is 0 Å². The average Bonchev–Trinajstić information content (AvgIpc) is 3.63. The van der Waals surface area contributed by atoms with Crippen LogP contribution in [0, 0.1) is 11.8 Å². The first kappa shape index (κ1) is 95.1. The summed E-state index contributed by atoms with van der Waals surface area (Å²) >= 11 is 0. The highest BCUT2D eigenvalue weighted by Gasteiger charge is 2.30. The van der Waals surface area contributed by atoms with Crippen molar-refractivity contribution >= 4 is 39.5 Å². The molecule has 2 unspecified atom stereocenters. The molecule has 0 radical (unpaired) electrons. The van der Waals surface area contributed by atoms with Crippen molar-refractivity contribution in [2.75, 3.05) is 39.6 Å². The number of ether oxygens (including phenoxy) is 4. The lowest BCUT2D eigenvalue weighted by atomic mass is 10.0. The summed E-state index contributed by atoms with van der Waals surface area (Å²) in [6.07, 6.45) is 58.8. The van der Waals surface area contributed by atoms with E-state index >= 15 is 0 Å². The lowest BCUT2D eigenvalue weighted by Crippen LogP contribution is -2.30. The maximum absolute atomic E-state index is 13.1. The van der Waals surface area contributed by atoms with Crippen LogP contribution in [0.2, 0.25) is 0 Å². The molecule has 97 heavy (non-hydrogen) atoms. The van der Waals surface area contributed by atoms with Crippen molar-refractivity contribution in [3.63, 3.8) is 0 Å². The molecule has 0 rings (SSSR count). The number of hydrogen-bond donors (Lipinski definition) is 3. The standard InChI is InChI=1S/C78H152O17P2/c1-7-9-11-13-15-16-17-18-19-20-21-25-28-31-34-37-43-49-55-61-76(81)89-67-74(94-77(82)62-56-50-44-38-35-32-29-26-23-22-24-27-30-33-36-41-46-52-58-70(3)4)69-93-97(86,87)91-65-72(79)64-90-96(84,85)92-68-73(66-88-75(80)60-54-48-40-14-12-10-8-2)95-78(83)63-57-51-45-39-42-47-53-59-71(5)6/h70-74,79H,7-69H2,1-6H3,(H,84,85)(H,86,87)/t72-,73+,74+/m0/s1. The monoisotopic (exact) mass is 1420 g/mol. The van der Waals surface area contributed by atoms with E-state index in [-0.39, 0.29) is 25.7 Å². The van der Waals surface area contributed by atoms with Crippen molar-refractivity contribution in [3.8, 4) is 0 Å². The minimum Gasteiger partial charge on any atom is -0.462 e. The molecule has 19 heteroatoms. The molecule has 0 aliphatic rings. The predicted octanol–water partition coefficient (Wildman–Crippen LogP) is 23.1. The molecule has 0 aromatic rings. The number of esters is 4. The van der Waals surface area contributed by atoms with Gasteiger partial charge in [-0.2, -0.15) is 0 Å². The first-order chi connectivity index (χ1) is 46.9. The minimum absolute atomic E-state index is 0.103. The molecule has 0 saturated carbocycles. The molecule has 0 bridgehead atoms. The number of phosphoric ester groups is 2. The molecule has 0 aromatic heterocycles. The van der Waals surface area contributed by atoms with Crippen molar-refractivity contribution in [1.29, 1.82) is 0 Å². The number of unbranched alkanes of at least 4 members (excludes halogenated alkanes) is 47. The summed E-state index contributed by atoms with van der Waals surface area (Å²) in [6, 6.07) is 0. The zero-order valence-corrected chi connectivity index (χ0v) is 65.2. The van der Waals surface area contributed by atoms with Crippen molar-refractivity contribution in [3.05, 3.63) is 0 Å². The molecular formula is C78H152O17P2. The van der Waals surface area contributed by atoms with E-state index in [1.807, 2.05) is 0 Å². The molecule has 3 N–H and O–H groups in total. The molecule has 5 atom stereocenters. The van der Waals surface area contributed by atoms with Gasteiger partial charge in [-0.3, -0.25) is 37.3 Å². The van der Waals surface area contributed by atoms with Gasteiger partial charge in [-0.05, 0) is 37.5 Å². The molecule has 17 nitrogen and oxygen atoms in total. The molecular weight excluding hydrogens is 1270 g/mol. The second-order valence-corrected chi connectivity index (χ2v) is 32.0. The number of hydrogen-bond acceptors (Lipinski definition) is 15. The smallest absolute Gasteiger partial charge is 0.462 e. The van der Waals surface area contributed by atoms with Crippen LogP contribution >= 0.6 is 15.6 Å². The van der Waals surface area contributed by atoms with Crippen LogP contribution in [0.4, 0.5) is 0 Å². The number of aliphatic hydroxyl groups is 1. The largest absolute Gasteiger partial charge is 0.472 e. The molecule has 0 amide bonds. The van der Waals surface area contributed by atoms with Crippen LogP contribution in [0.25, 0.3) is 0 Å². The van der Waals surface area contributed by atoms with E-state index in [9.17, 15) is 43.2 Å². The van der Waals surface area contributed by atoms with Crippen molar-refractivity contribution in [1.82, 2.24) is 0 Å². The van der Waals surface area contributed by atoms with E-state index in [1.54, 1.807) is 0 Å². The third-order valence-electron chi connectivity index (χ3n) is 18.2. The highest BCUT2D eigenvalue weighted by Crippen LogP contribution is 2.45. The van der Waals surface area contributed by atoms with Crippen LogP contribution in [-0.4, -0.2) is 96.7 Å². The van der Waals surface area contributed by atoms with Gasteiger partial charge in [0.2, 0.25) is 0 Å². The highest BCUT2D eigenvalue weighted by atomic mass is 31.2. The Kier molecular flexibility index (Phi) is 68.4. The fourth-order valence-electron chi connectivity index (χ4n) is 12.0. The van der Waals surface area contributed by atoms with Gasteiger partial charge < -0.3 is 33.8 Å². The van der Waals surface area contributed by atoms with Crippen molar-refractivity contribution in [2.24, 2.45) is 11.8 Å². The summed E-state index contributed by atoms with van der Waals surface area (Å²) in [5, 5.41) is 10.6. The zero-order chi connectivity index (χ0) is 71.4. The normalized spacial score (nSPS) is 14.0. The van der Waals surface area contributed by atoms with Gasteiger partial charge in [0.05, 0.1) is 26.4 Å². The summed E-state index contributed by atoms with van der Waals surface area (Å²) in [4.78, 5) is 72.7. The highest BCUT2D eigenvalue weighted by molar-refractivity contribution is 7.47. The molecule has 0 fully saturated rings. The Morgan fingerprint density at radius 3 is 0.701 bits per heavy atom. The maximum atomic E-state index is 13.1. The number of carbonyl (C=O) groups is 4. The summed E-state index contributed by atoms with van der Waals surface area (Å²) in [5.74, 6) is -0.605. The Morgan fingerprint density at radius 1 is 0.278 bits per heavy atom. The second-order valence-electron chi connectivity index (χ2n) is 29.1. The third-order valence-corrected chi connectivity index (χ3v) is 20.1. The van der Waals surface area contributed by atoms with Gasteiger partial charge in [-0.15, -0.1) is 0 Å². The van der Waals surface area contributed by atoms with E-state index in [4.69, 9.17) is 37.0 Å². The van der Waals surface area contributed by atoms with Gasteiger partial charge in [0.1, 0.15) is 19.3 Å². The van der Waals surface area contributed by atoms with Gasteiger partial charge in [0.25, 0.3) is 0 Å². The molecule has 0 aliphatic heterocycles. The van der Waals surface area contributed by atoms with Crippen molar-refractivity contribution < 1.29 is 80.2 Å². The molecule has 0 heterocycles. The van der Waals surface area contributed by atoms with Gasteiger partial charge in [0.15, 0.2) is 12.2 Å².